The minimum absolute atomic E-state index is 0.494. The summed E-state index contributed by atoms with van der Waals surface area (Å²) in [5.74, 6) is 0.937. The monoisotopic (exact) mass is 235 g/mol. The van der Waals surface area contributed by atoms with Crippen LogP contribution in [-0.4, -0.2) is 38.4 Å². The molecule has 1 aromatic carbocycles. The molecule has 0 saturated heterocycles. The molecule has 0 heterocycles. The average Bonchev–Trinajstić information content (AvgIpc) is 2.31. The molecule has 0 aliphatic carbocycles. The highest BCUT2D eigenvalue weighted by Crippen LogP contribution is 2.24. The number of aldehydes is 1. The fourth-order valence-electron chi connectivity index (χ4n) is 1.87. The number of carbonyl (C=O) groups excluding carboxylic acids is 1. The van der Waals surface area contributed by atoms with Crippen molar-refractivity contribution in [2.75, 3.05) is 27.2 Å². The van der Waals surface area contributed by atoms with Crippen molar-refractivity contribution >= 4 is 6.29 Å². The predicted molar refractivity (Wildman–Crippen MR) is 69.7 cm³/mol. The number of benzene rings is 1. The molecule has 0 aliphatic heterocycles. The molecule has 0 aliphatic rings. The molecule has 0 aromatic heterocycles. The fourth-order valence-corrected chi connectivity index (χ4v) is 1.87. The van der Waals surface area contributed by atoms with E-state index < -0.39 is 0 Å². The van der Waals surface area contributed by atoms with Gasteiger partial charge in [0.15, 0.2) is 0 Å². The summed E-state index contributed by atoms with van der Waals surface area (Å²) in [5, 5.41) is 0. The van der Waals surface area contributed by atoms with E-state index in [2.05, 4.69) is 19.9 Å². The molecule has 0 fully saturated rings. The molecular formula is C14H21NO2. The molecular weight excluding hydrogens is 214 g/mol. The summed E-state index contributed by atoms with van der Waals surface area (Å²) in [5.41, 5.74) is 3.80. The van der Waals surface area contributed by atoms with Crippen LogP contribution in [0.1, 0.15) is 16.7 Å². The van der Waals surface area contributed by atoms with Crippen LogP contribution in [0.5, 0.6) is 5.75 Å². The first-order valence-corrected chi connectivity index (χ1v) is 5.85. The summed E-state index contributed by atoms with van der Waals surface area (Å²) in [6.45, 7) is 5.58. The van der Waals surface area contributed by atoms with Gasteiger partial charge in [-0.3, -0.25) is 4.90 Å². The highest BCUT2D eigenvalue weighted by molar-refractivity contribution is 5.51. The van der Waals surface area contributed by atoms with Crippen molar-refractivity contribution in [1.82, 2.24) is 4.90 Å². The Labute approximate surface area is 103 Å². The standard InChI is InChI=1S/C14H21NO2/c1-11-12(2)14(17-4)6-5-13(11)7-8-15(3)9-10-16/h5-6,10H,7-9H2,1-4H3. The third-order valence-corrected chi connectivity index (χ3v) is 3.22. The average molecular weight is 235 g/mol. The largest absolute Gasteiger partial charge is 0.496 e. The van der Waals surface area contributed by atoms with Crippen LogP contribution >= 0.6 is 0 Å². The lowest BCUT2D eigenvalue weighted by Crippen LogP contribution is -2.23. The third-order valence-electron chi connectivity index (χ3n) is 3.22. The zero-order valence-corrected chi connectivity index (χ0v) is 11.1. The molecule has 1 rings (SSSR count). The van der Waals surface area contributed by atoms with E-state index in [1.165, 1.54) is 16.7 Å². The second-order valence-electron chi connectivity index (χ2n) is 4.36. The molecule has 0 unspecified atom stereocenters. The molecule has 17 heavy (non-hydrogen) atoms. The van der Waals surface area contributed by atoms with Crippen molar-refractivity contribution in [1.29, 1.82) is 0 Å². The number of rotatable bonds is 6. The zero-order valence-electron chi connectivity index (χ0n) is 11.1. The second kappa shape index (κ2) is 6.40. The molecule has 0 amide bonds. The first kappa shape index (κ1) is 13.7. The van der Waals surface area contributed by atoms with Crippen LogP contribution in [-0.2, 0) is 11.2 Å². The maximum atomic E-state index is 10.4. The minimum atomic E-state index is 0.494. The molecule has 0 bridgehead atoms. The Morgan fingerprint density at radius 1 is 1.29 bits per heavy atom. The molecule has 3 heteroatoms. The molecule has 0 N–H and O–H groups in total. The van der Waals surface area contributed by atoms with Crippen LogP contribution in [0.3, 0.4) is 0 Å². The quantitative estimate of drug-likeness (QED) is 0.706. The van der Waals surface area contributed by atoms with Crippen molar-refractivity contribution < 1.29 is 9.53 Å². The number of hydrogen-bond donors (Lipinski definition) is 0. The topological polar surface area (TPSA) is 29.5 Å². The van der Waals surface area contributed by atoms with Gasteiger partial charge in [-0.15, -0.1) is 0 Å². The molecule has 0 saturated carbocycles. The third kappa shape index (κ3) is 3.56. The lowest BCUT2D eigenvalue weighted by Gasteiger charge is -2.16. The molecule has 0 atom stereocenters. The van der Waals surface area contributed by atoms with E-state index in [1.807, 2.05) is 18.0 Å². The van der Waals surface area contributed by atoms with Crippen molar-refractivity contribution in [2.45, 2.75) is 20.3 Å². The minimum Gasteiger partial charge on any atom is -0.496 e. The Balaban J connectivity index is 2.72. The molecule has 1 aromatic rings. The smallest absolute Gasteiger partial charge is 0.133 e. The van der Waals surface area contributed by atoms with Crippen LogP contribution in [0.2, 0.25) is 0 Å². The van der Waals surface area contributed by atoms with Crippen LogP contribution in [0.15, 0.2) is 12.1 Å². The van der Waals surface area contributed by atoms with E-state index in [1.54, 1.807) is 7.11 Å². The molecule has 0 spiro atoms. The Morgan fingerprint density at radius 3 is 2.59 bits per heavy atom. The summed E-state index contributed by atoms with van der Waals surface area (Å²) < 4.78 is 5.29. The highest BCUT2D eigenvalue weighted by Gasteiger charge is 2.07. The van der Waals surface area contributed by atoms with Crippen molar-refractivity contribution in [3.8, 4) is 5.75 Å². The Hall–Kier alpha value is -1.35. The first-order chi connectivity index (χ1) is 8.10. The van der Waals surface area contributed by atoms with Crippen molar-refractivity contribution in [3.63, 3.8) is 0 Å². The van der Waals surface area contributed by atoms with Gasteiger partial charge in [0.1, 0.15) is 12.0 Å². The maximum Gasteiger partial charge on any atom is 0.133 e. The lowest BCUT2D eigenvalue weighted by molar-refractivity contribution is -0.108. The van der Waals surface area contributed by atoms with Gasteiger partial charge in [-0.25, -0.2) is 0 Å². The summed E-state index contributed by atoms with van der Waals surface area (Å²) in [7, 11) is 3.65. The summed E-state index contributed by atoms with van der Waals surface area (Å²) >= 11 is 0. The van der Waals surface area contributed by atoms with Crippen LogP contribution in [0.4, 0.5) is 0 Å². The van der Waals surface area contributed by atoms with Gasteiger partial charge < -0.3 is 9.53 Å². The second-order valence-corrected chi connectivity index (χ2v) is 4.36. The number of carbonyl (C=O) groups is 1. The Morgan fingerprint density at radius 2 is 2.00 bits per heavy atom. The van der Waals surface area contributed by atoms with Gasteiger partial charge >= 0.3 is 0 Å². The van der Waals surface area contributed by atoms with E-state index in [0.717, 1.165) is 25.0 Å². The number of likely N-dealkylation sites (N-methyl/N-ethyl adjacent to an activating group) is 1. The first-order valence-electron chi connectivity index (χ1n) is 5.85. The maximum absolute atomic E-state index is 10.4. The van der Waals surface area contributed by atoms with E-state index in [-0.39, 0.29) is 0 Å². The van der Waals surface area contributed by atoms with Crippen LogP contribution in [0, 0.1) is 13.8 Å². The van der Waals surface area contributed by atoms with E-state index >= 15 is 0 Å². The van der Waals surface area contributed by atoms with Crippen molar-refractivity contribution in [2.24, 2.45) is 0 Å². The van der Waals surface area contributed by atoms with Crippen LogP contribution in [0.25, 0.3) is 0 Å². The lowest BCUT2D eigenvalue weighted by atomic mass is 10.00. The van der Waals surface area contributed by atoms with Gasteiger partial charge in [-0.05, 0) is 50.1 Å². The Kier molecular flexibility index (Phi) is 5.16. The summed E-state index contributed by atoms with van der Waals surface area (Å²) in [4.78, 5) is 12.4. The van der Waals surface area contributed by atoms with Crippen molar-refractivity contribution in [3.05, 3.63) is 28.8 Å². The van der Waals surface area contributed by atoms with Crippen LogP contribution < -0.4 is 4.74 Å². The Bertz CT molecular complexity index is 388. The van der Waals surface area contributed by atoms with Gasteiger partial charge in [0, 0.05) is 6.54 Å². The highest BCUT2D eigenvalue weighted by atomic mass is 16.5. The van der Waals surface area contributed by atoms with Gasteiger partial charge in [-0.2, -0.15) is 0 Å². The number of nitrogens with zero attached hydrogens (tertiary/aromatic N) is 1. The number of ether oxygens (including phenoxy) is 1. The molecule has 3 nitrogen and oxygen atoms in total. The fraction of sp³-hybridized carbons (Fsp3) is 0.500. The molecule has 0 radical (unpaired) electrons. The predicted octanol–water partition coefficient (Wildman–Crippen LogP) is 1.99. The van der Waals surface area contributed by atoms with Gasteiger partial charge in [0.05, 0.1) is 13.7 Å². The van der Waals surface area contributed by atoms with E-state index in [9.17, 15) is 4.79 Å². The normalized spacial score (nSPS) is 10.6. The molecule has 94 valence electrons. The van der Waals surface area contributed by atoms with Gasteiger partial charge in [0.25, 0.3) is 0 Å². The van der Waals surface area contributed by atoms with E-state index in [4.69, 9.17) is 4.74 Å². The summed E-state index contributed by atoms with van der Waals surface area (Å²) in [6.07, 6.45) is 1.90. The number of hydrogen-bond acceptors (Lipinski definition) is 3. The SMILES string of the molecule is COc1ccc(CCN(C)CC=O)c(C)c1C. The van der Waals surface area contributed by atoms with E-state index in [0.29, 0.717) is 6.54 Å². The number of methoxy groups -OCH3 is 1. The van der Waals surface area contributed by atoms with Gasteiger partial charge in [0.2, 0.25) is 0 Å². The zero-order chi connectivity index (χ0) is 12.8. The van der Waals surface area contributed by atoms with Gasteiger partial charge in [-0.1, -0.05) is 6.07 Å². The summed E-state index contributed by atoms with van der Waals surface area (Å²) in [6, 6.07) is 4.12.